The molecule has 2 nitrogen and oxygen atoms in total. The van der Waals surface area contributed by atoms with Crippen molar-refractivity contribution >= 4 is 9.84 Å². The van der Waals surface area contributed by atoms with Crippen molar-refractivity contribution in [1.82, 2.24) is 0 Å². The Morgan fingerprint density at radius 2 is 1.93 bits per heavy atom. The summed E-state index contributed by atoms with van der Waals surface area (Å²) in [5.41, 5.74) is 1.00. The fourth-order valence-corrected chi connectivity index (χ4v) is 4.12. The van der Waals surface area contributed by atoms with Crippen molar-refractivity contribution < 1.29 is 8.42 Å². The molecule has 3 heteroatoms. The summed E-state index contributed by atoms with van der Waals surface area (Å²) in [6.07, 6.45) is 0. The fourth-order valence-electron chi connectivity index (χ4n) is 2.04. The van der Waals surface area contributed by atoms with Crippen molar-refractivity contribution in [2.75, 3.05) is 5.75 Å². The second-order valence-corrected chi connectivity index (χ2v) is 6.17. The van der Waals surface area contributed by atoms with E-state index in [9.17, 15) is 8.42 Å². The quantitative estimate of drug-likeness (QED) is 0.712. The third-order valence-electron chi connectivity index (χ3n) is 2.86. The molecule has 0 fully saturated rings. The van der Waals surface area contributed by atoms with Gasteiger partial charge < -0.3 is 0 Å². The van der Waals surface area contributed by atoms with Crippen LogP contribution in [0.3, 0.4) is 0 Å². The summed E-state index contributed by atoms with van der Waals surface area (Å²) >= 11 is 0. The van der Waals surface area contributed by atoms with Gasteiger partial charge in [0.1, 0.15) is 0 Å². The predicted molar refractivity (Wildman–Crippen MR) is 56.1 cm³/mol. The van der Waals surface area contributed by atoms with Crippen LogP contribution in [0.4, 0.5) is 0 Å². The van der Waals surface area contributed by atoms with E-state index in [2.05, 4.69) is 13.8 Å². The van der Waals surface area contributed by atoms with Gasteiger partial charge in [0.05, 0.1) is 10.6 Å². The van der Waals surface area contributed by atoms with Crippen LogP contribution in [0.5, 0.6) is 0 Å². The molecule has 1 heterocycles. The van der Waals surface area contributed by atoms with Crippen molar-refractivity contribution in [2.45, 2.75) is 24.7 Å². The Hall–Kier alpha value is -0.830. The van der Waals surface area contributed by atoms with E-state index < -0.39 is 9.84 Å². The Labute approximate surface area is 84.9 Å². The van der Waals surface area contributed by atoms with Gasteiger partial charge in [-0.1, -0.05) is 32.0 Å². The average molecular weight is 210 g/mol. The molecule has 1 aliphatic heterocycles. The molecule has 0 amide bonds. The van der Waals surface area contributed by atoms with Crippen LogP contribution in [-0.2, 0) is 9.84 Å². The minimum atomic E-state index is -3.00. The van der Waals surface area contributed by atoms with Gasteiger partial charge in [0.15, 0.2) is 9.84 Å². The summed E-state index contributed by atoms with van der Waals surface area (Å²) < 4.78 is 23.5. The van der Waals surface area contributed by atoms with Crippen LogP contribution in [0.1, 0.15) is 25.3 Å². The maximum Gasteiger partial charge on any atom is 0.179 e. The summed E-state index contributed by atoms with van der Waals surface area (Å²) in [7, 11) is -3.00. The van der Waals surface area contributed by atoms with E-state index >= 15 is 0 Å². The standard InChI is InChI=1S/C11H14O2S/c1-8(2)10-7-14(12,13)11-6-4-3-5-9(10)11/h3-6,8,10H,7H2,1-2H3. The minimum absolute atomic E-state index is 0.177. The summed E-state index contributed by atoms with van der Waals surface area (Å²) in [4.78, 5) is 0.540. The number of sulfone groups is 1. The van der Waals surface area contributed by atoms with Gasteiger partial charge in [0, 0.05) is 5.92 Å². The van der Waals surface area contributed by atoms with Crippen molar-refractivity contribution in [3.8, 4) is 0 Å². The molecular weight excluding hydrogens is 196 g/mol. The van der Waals surface area contributed by atoms with Crippen molar-refractivity contribution in [1.29, 1.82) is 0 Å². The summed E-state index contributed by atoms with van der Waals surface area (Å²) in [6.45, 7) is 4.14. The number of fused-ring (bicyclic) bond motifs is 1. The predicted octanol–water partition coefficient (Wildman–Crippen LogP) is 2.21. The Balaban J connectivity index is 2.61. The monoisotopic (exact) mass is 210 g/mol. The lowest BCUT2D eigenvalue weighted by molar-refractivity contribution is 0.534. The molecule has 0 radical (unpaired) electrons. The number of hydrogen-bond acceptors (Lipinski definition) is 2. The third-order valence-corrected chi connectivity index (χ3v) is 4.70. The number of benzene rings is 1. The molecule has 1 aromatic rings. The van der Waals surface area contributed by atoms with Gasteiger partial charge in [0.25, 0.3) is 0 Å². The van der Waals surface area contributed by atoms with Crippen LogP contribution in [0.2, 0.25) is 0 Å². The molecule has 1 aromatic carbocycles. The summed E-state index contributed by atoms with van der Waals surface area (Å²) in [5.74, 6) is 0.842. The first-order valence-electron chi connectivity index (χ1n) is 4.84. The third kappa shape index (κ3) is 1.36. The van der Waals surface area contributed by atoms with E-state index in [1.165, 1.54) is 0 Å². The van der Waals surface area contributed by atoms with E-state index in [1.807, 2.05) is 12.1 Å². The summed E-state index contributed by atoms with van der Waals surface area (Å²) in [6, 6.07) is 7.35. The van der Waals surface area contributed by atoms with E-state index in [4.69, 9.17) is 0 Å². The molecule has 1 aliphatic rings. The van der Waals surface area contributed by atoms with E-state index in [1.54, 1.807) is 12.1 Å². The van der Waals surface area contributed by atoms with Crippen molar-refractivity contribution in [2.24, 2.45) is 5.92 Å². The molecule has 0 saturated heterocycles. The highest BCUT2D eigenvalue weighted by molar-refractivity contribution is 7.91. The molecule has 0 bridgehead atoms. The van der Waals surface area contributed by atoms with Gasteiger partial charge >= 0.3 is 0 Å². The molecule has 0 aromatic heterocycles. The molecule has 2 rings (SSSR count). The Morgan fingerprint density at radius 3 is 2.57 bits per heavy atom. The second-order valence-electron chi connectivity index (χ2n) is 4.17. The molecule has 1 unspecified atom stereocenters. The van der Waals surface area contributed by atoms with Crippen molar-refractivity contribution in [3.05, 3.63) is 29.8 Å². The molecule has 0 N–H and O–H groups in total. The van der Waals surface area contributed by atoms with Crippen LogP contribution >= 0.6 is 0 Å². The van der Waals surface area contributed by atoms with Gasteiger partial charge in [-0.2, -0.15) is 0 Å². The first kappa shape index (κ1) is 9.71. The Morgan fingerprint density at radius 1 is 1.29 bits per heavy atom. The van der Waals surface area contributed by atoms with Gasteiger partial charge in [0.2, 0.25) is 0 Å². The van der Waals surface area contributed by atoms with E-state index in [0.717, 1.165) is 5.56 Å². The zero-order valence-corrected chi connectivity index (χ0v) is 9.21. The van der Waals surface area contributed by atoms with Crippen LogP contribution in [0, 0.1) is 5.92 Å². The highest BCUT2D eigenvalue weighted by Crippen LogP contribution is 2.38. The lowest BCUT2D eigenvalue weighted by Crippen LogP contribution is -2.09. The normalized spacial score (nSPS) is 23.8. The molecule has 14 heavy (non-hydrogen) atoms. The first-order valence-corrected chi connectivity index (χ1v) is 6.49. The lowest BCUT2D eigenvalue weighted by Gasteiger charge is -2.13. The molecule has 1 atom stereocenters. The van der Waals surface area contributed by atoms with E-state index in [-0.39, 0.29) is 11.7 Å². The fraction of sp³-hybridized carbons (Fsp3) is 0.455. The number of rotatable bonds is 1. The lowest BCUT2D eigenvalue weighted by atomic mass is 9.91. The van der Waals surface area contributed by atoms with Gasteiger partial charge in [-0.15, -0.1) is 0 Å². The van der Waals surface area contributed by atoms with Crippen LogP contribution in [-0.4, -0.2) is 14.2 Å². The second kappa shape index (κ2) is 3.09. The molecule has 76 valence electrons. The smallest absolute Gasteiger partial charge is 0.179 e. The van der Waals surface area contributed by atoms with Gasteiger partial charge in [-0.3, -0.25) is 0 Å². The van der Waals surface area contributed by atoms with E-state index in [0.29, 0.717) is 10.8 Å². The van der Waals surface area contributed by atoms with Gasteiger partial charge in [-0.05, 0) is 17.5 Å². The first-order chi connectivity index (χ1) is 6.52. The maximum atomic E-state index is 11.8. The average Bonchev–Trinajstić information content (AvgIpc) is 2.40. The SMILES string of the molecule is CC(C)C1CS(=O)(=O)c2ccccc21. The van der Waals surface area contributed by atoms with Crippen LogP contribution in [0.15, 0.2) is 29.2 Å². The Kier molecular flexibility index (Phi) is 2.14. The molecule has 0 aliphatic carbocycles. The summed E-state index contributed by atoms with van der Waals surface area (Å²) in [5, 5.41) is 0. The zero-order chi connectivity index (χ0) is 10.3. The number of hydrogen-bond donors (Lipinski definition) is 0. The minimum Gasteiger partial charge on any atom is -0.224 e. The topological polar surface area (TPSA) is 34.1 Å². The highest BCUT2D eigenvalue weighted by atomic mass is 32.2. The van der Waals surface area contributed by atoms with Crippen LogP contribution in [0.25, 0.3) is 0 Å². The van der Waals surface area contributed by atoms with Crippen LogP contribution < -0.4 is 0 Å². The van der Waals surface area contributed by atoms with Gasteiger partial charge in [-0.25, -0.2) is 8.42 Å². The largest absolute Gasteiger partial charge is 0.224 e. The molecular formula is C11H14O2S. The maximum absolute atomic E-state index is 11.8. The Bertz CT molecular complexity index is 446. The van der Waals surface area contributed by atoms with Crippen molar-refractivity contribution in [3.63, 3.8) is 0 Å². The molecule has 0 saturated carbocycles. The molecule has 0 spiro atoms. The zero-order valence-electron chi connectivity index (χ0n) is 8.40. The highest BCUT2D eigenvalue weighted by Gasteiger charge is 2.35.